The van der Waals surface area contributed by atoms with Gasteiger partial charge >= 0.3 is 5.97 Å². The molecule has 1 fully saturated rings. The molecule has 1 rings (SSSR count). The Morgan fingerprint density at radius 3 is 2.82 bits per heavy atom. The highest BCUT2D eigenvalue weighted by atomic mass is 16.4. The first kappa shape index (κ1) is 8.00. The molecule has 0 radical (unpaired) electrons. The Bertz CT molecular complexity index is 192. The molecule has 0 aromatic rings. The van der Waals surface area contributed by atoms with Crippen LogP contribution in [0.25, 0.3) is 0 Å². The fourth-order valence-corrected chi connectivity index (χ4v) is 1.13. The summed E-state index contributed by atoms with van der Waals surface area (Å²) >= 11 is 0. The zero-order valence-corrected chi connectivity index (χ0v) is 5.91. The van der Waals surface area contributed by atoms with Crippen molar-refractivity contribution in [3.05, 3.63) is 0 Å². The molecule has 0 spiro atoms. The van der Waals surface area contributed by atoms with Gasteiger partial charge < -0.3 is 16.2 Å². The Morgan fingerprint density at radius 2 is 2.36 bits per heavy atom. The molecule has 1 heterocycles. The molecule has 11 heavy (non-hydrogen) atoms. The molecule has 1 aliphatic rings. The van der Waals surface area contributed by atoms with Gasteiger partial charge in [-0.05, 0) is 6.42 Å². The van der Waals surface area contributed by atoms with Crippen molar-refractivity contribution in [2.45, 2.75) is 19.0 Å². The molecule has 1 saturated heterocycles. The van der Waals surface area contributed by atoms with Crippen LogP contribution in [0.5, 0.6) is 0 Å². The molecular formula is C6H10N2O3. The van der Waals surface area contributed by atoms with E-state index in [1.165, 1.54) is 0 Å². The smallest absolute Gasteiger partial charge is 0.307 e. The standard InChI is InChI=1S/C6H10N2O3/c7-4-1-3(6(10)11)2-5(9)8-4/h3-4H,1-2,7H2,(H,8,9)(H,10,11). The van der Waals surface area contributed by atoms with Crippen molar-refractivity contribution in [1.29, 1.82) is 0 Å². The molecule has 2 unspecified atom stereocenters. The minimum atomic E-state index is -0.949. The van der Waals surface area contributed by atoms with E-state index in [0.29, 0.717) is 6.42 Å². The third-order valence-electron chi connectivity index (χ3n) is 1.67. The maximum atomic E-state index is 10.7. The van der Waals surface area contributed by atoms with E-state index in [-0.39, 0.29) is 12.3 Å². The van der Waals surface area contributed by atoms with Crippen molar-refractivity contribution in [1.82, 2.24) is 5.32 Å². The lowest BCUT2D eigenvalue weighted by Crippen LogP contribution is -2.49. The number of amides is 1. The molecule has 2 atom stereocenters. The highest BCUT2D eigenvalue weighted by Gasteiger charge is 2.28. The lowest BCUT2D eigenvalue weighted by atomic mass is 9.96. The summed E-state index contributed by atoms with van der Waals surface area (Å²) < 4.78 is 0. The maximum absolute atomic E-state index is 10.7. The van der Waals surface area contributed by atoms with Gasteiger partial charge in [0.1, 0.15) is 0 Å². The second-order valence-corrected chi connectivity index (χ2v) is 2.65. The van der Waals surface area contributed by atoms with Crippen LogP contribution >= 0.6 is 0 Å². The summed E-state index contributed by atoms with van der Waals surface area (Å²) in [6.45, 7) is 0. The van der Waals surface area contributed by atoms with Crippen LogP contribution in [0.15, 0.2) is 0 Å². The van der Waals surface area contributed by atoms with Crippen molar-refractivity contribution in [3.63, 3.8) is 0 Å². The highest BCUT2D eigenvalue weighted by molar-refractivity contribution is 5.83. The van der Waals surface area contributed by atoms with E-state index in [9.17, 15) is 9.59 Å². The van der Waals surface area contributed by atoms with Gasteiger partial charge in [0.15, 0.2) is 0 Å². The fraction of sp³-hybridized carbons (Fsp3) is 0.667. The fourth-order valence-electron chi connectivity index (χ4n) is 1.13. The van der Waals surface area contributed by atoms with E-state index in [1.807, 2.05) is 0 Å². The first-order valence-corrected chi connectivity index (χ1v) is 3.37. The molecule has 0 aliphatic carbocycles. The Labute approximate surface area is 63.6 Å². The van der Waals surface area contributed by atoms with Gasteiger partial charge in [0.2, 0.25) is 5.91 Å². The van der Waals surface area contributed by atoms with Crippen LogP contribution in [-0.4, -0.2) is 23.1 Å². The van der Waals surface area contributed by atoms with Crippen LogP contribution in [-0.2, 0) is 9.59 Å². The zero-order chi connectivity index (χ0) is 8.43. The summed E-state index contributed by atoms with van der Waals surface area (Å²) in [5, 5.41) is 11.0. The summed E-state index contributed by atoms with van der Waals surface area (Å²) in [7, 11) is 0. The number of rotatable bonds is 1. The molecule has 4 N–H and O–H groups in total. The summed E-state index contributed by atoms with van der Waals surface area (Å²) in [4.78, 5) is 21.1. The van der Waals surface area contributed by atoms with Crippen molar-refractivity contribution in [2.24, 2.45) is 11.7 Å². The largest absolute Gasteiger partial charge is 0.481 e. The monoisotopic (exact) mass is 158 g/mol. The normalized spacial score (nSPS) is 31.2. The Balaban J connectivity index is 2.56. The summed E-state index contributed by atoms with van der Waals surface area (Å²) in [6, 6.07) is 0. The average Bonchev–Trinajstić information content (AvgIpc) is 1.85. The molecule has 62 valence electrons. The molecule has 0 saturated carbocycles. The predicted molar refractivity (Wildman–Crippen MR) is 36.5 cm³/mol. The average molecular weight is 158 g/mol. The van der Waals surface area contributed by atoms with E-state index in [0.717, 1.165) is 0 Å². The quantitative estimate of drug-likeness (QED) is 0.450. The van der Waals surface area contributed by atoms with E-state index in [2.05, 4.69) is 5.32 Å². The van der Waals surface area contributed by atoms with Gasteiger partial charge in [-0.25, -0.2) is 0 Å². The van der Waals surface area contributed by atoms with Crippen LogP contribution in [0.3, 0.4) is 0 Å². The van der Waals surface area contributed by atoms with E-state index < -0.39 is 18.1 Å². The number of carbonyl (C=O) groups excluding carboxylic acids is 1. The van der Waals surface area contributed by atoms with Gasteiger partial charge in [-0.3, -0.25) is 9.59 Å². The second-order valence-electron chi connectivity index (χ2n) is 2.65. The van der Waals surface area contributed by atoms with Gasteiger partial charge in [0.05, 0.1) is 12.1 Å². The van der Waals surface area contributed by atoms with Crippen LogP contribution in [0.1, 0.15) is 12.8 Å². The number of piperidine rings is 1. The van der Waals surface area contributed by atoms with Gasteiger partial charge in [-0.1, -0.05) is 0 Å². The van der Waals surface area contributed by atoms with Crippen LogP contribution < -0.4 is 11.1 Å². The summed E-state index contributed by atoms with van der Waals surface area (Å²) in [5.41, 5.74) is 5.36. The van der Waals surface area contributed by atoms with Gasteiger partial charge in [0.25, 0.3) is 0 Å². The summed E-state index contributed by atoms with van der Waals surface area (Å²) in [6.07, 6.45) is -0.137. The summed E-state index contributed by atoms with van der Waals surface area (Å²) in [5.74, 6) is -1.84. The first-order valence-electron chi connectivity index (χ1n) is 3.37. The number of carboxylic acids is 1. The first-order chi connectivity index (χ1) is 5.09. The molecule has 0 bridgehead atoms. The van der Waals surface area contributed by atoms with Crippen molar-refractivity contribution in [2.75, 3.05) is 0 Å². The third-order valence-corrected chi connectivity index (χ3v) is 1.67. The number of carbonyl (C=O) groups is 2. The Kier molecular flexibility index (Phi) is 2.09. The van der Waals surface area contributed by atoms with Crippen LogP contribution in [0, 0.1) is 5.92 Å². The lowest BCUT2D eigenvalue weighted by molar-refractivity contribution is -0.146. The molecule has 5 nitrogen and oxygen atoms in total. The maximum Gasteiger partial charge on any atom is 0.307 e. The van der Waals surface area contributed by atoms with E-state index in [4.69, 9.17) is 10.8 Å². The van der Waals surface area contributed by atoms with Crippen molar-refractivity contribution >= 4 is 11.9 Å². The topological polar surface area (TPSA) is 92.4 Å². The number of aliphatic carboxylic acids is 1. The van der Waals surface area contributed by atoms with Gasteiger partial charge in [-0.2, -0.15) is 0 Å². The van der Waals surface area contributed by atoms with Crippen molar-refractivity contribution < 1.29 is 14.7 Å². The number of hydrogen-bond donors (Lipinski definition) is 3. The Morgan fingerprint density at radius 1 is 1.73 bits per heavy atom. The van der Waals surface area contributed by atoms with Crippen LogP contribution in [0.4, 0.5) is 0 Å². The molecule has 0 aromatic heterocycles. The Hall–Kier alpha value is -1.10. The zero-order valence-electron chi connectivity index (χ0n) is 5.91. The minimum absolute atomic E-state index is 0.0447. The number of nitrogens with one attached hydrogen (secondary N) is 1. The predicted octanol–water partition coefficient (Wildman–Crippen LogP) is -1.12. The SMILES string of the molecule is NC1CC(C(=O)O)CC(=O)N1. The second kappa shape index (κ2) is 2.87. The third kappa shape index (κ3) is 1.91. The van der Waals surface area contributed by atoms with Gasteiger partial charge in [0, 0.05) is 6.42 Å². The number of hydrogen-bond acceptors (Lipinski definition) is 3. The number of nitrogens with two attached hydrogens (primary N) is 1. The molecule has 1 aliphatic heterocycles. The number of carboxylic acid groups (broad SMARTS) is 1. The molecular weight excluding hydrogens is 148 g/mol. The lowest BCUT2D eigenvalue weighted by Gasteiger charge is -2.24. The molecule has 1 amide bonds. The van der Waals surface area contributed by atoms with Gasteiger partial charge in [-0.15, -0.1) is 0 Å². The van der Waals surface area contributed by atoms with Crippen molar-refractivity contribution in [3.8, 4) is 0 Å². The highest BCUT2D eigenvalue weighted by Crippen LogP contribution is 2.14. The van der Waals surface area contributed by atoms with E-state index in [1.54, 1.807) is 0 Å². The molecule has 0 aromatic carbocycles. The minimum Gasteiger partial charge on any atom is -0.481 e. The molecule has 5 heteroatoms. The van der Waals surface area contributed by atoms with E-state index >= 15 is 0 Å². The van der Waals surface area contributed by atoms with Crippen LogP contribution in [0.2, 0.25) is 0 Å².